The number of rotatable bonds is 6. The molecule has 0 bridgehead atoms. The molecule has 0 radical (unpaired) electrons. The van der Waals surface area contributed by atoms with Crippen LogP contribution < -0.4 is 0 Å². The smallest absolute Gasteiger partial charge is 0.372 e. The standard InChI is InChI=1S/C12H11ClF4O2/c13-11-2-1-9(14)5-8(11)6-10(18)3-4-19-7-12(15,16)17/h1-2,5H,3-4,6-7H2. The summed E-state index contributed by atoms with van der Waals surface area (Å²) in [7, 11) is 0. The third-order valence-corrected chi connectivity index (χ3v) is 2.56. The monoisotopic (exact) mass is 298 g/mol. The highest BCUT2D eigenvalue weighted by Gasteiger charge is 2.27. The van der Waals surface area contributed by atoms with Crippen LogP contribution in [0.4, 0.5) is 17.6 Å². The number of ether oxygens (including phenoxy) is 1. The summed E-state index contributed by atoms with van der Waals surface area (Å²) < 4.78 is 52.5. The van der Waals surface area contributed by atoms with Crippen LogP contribution in [-0.4, -0.2) is 25.2 Å². The van der Waals surface area contributed by atoms with Gasteiger partial charge in [0.05, 0.1) is 6.61 Å². The minimum Gasteiger partial charge on any atom is -0.372 e. The highest BCUT2D eigenvalue weighted by Crippen LogP contribution is 2.18. The zero-order valence-electron chi connectivity index (χ0n) is 9.77. The molecule has 0 aliphatic rings. The highest BCUT2D eigenvalue weighted by molar-refractivity contribution is 6.31. The van der Waals surface area contributed by atoms with E-state index >= 15 is 0 Å². The Balaban J connectivity index is 2.37. The lowest BCUT2D eigenvalue weighted by molar-refractivity contribution is -0.174. The van der Waals surface area contributed by atoms with Gasteiger partial charge in [0, 0.05) is 17.9 Å². The van der Waals surface area contributed by atoms with Crippen molar-refractivity contribution in [2.45, 2.75) is 19.0 Å². The molecule has 1 aromatic carbocycles. The van der Waals surface area contributed by atoms with Gasteiger partial charge in [-0.05, 0) is 23.8 Å². The summed E-state index contributed by atoms with van der Waals surface area (Å²) in [6, 6.07) is 3.60. The molecule has 0 atom stereocenters. The number of alkyl halides is 3. The minimum absolute atomic E-state index is 0.133. The van der Waals surface area contributed by atoms with E-state index < -0.39 is 18.6 Å². The topological polar surface area (TPSA) is 26.3 Å². The van der Waals surface area contributed by atoms with Crippen LogP contribution in [0.1, 0.15) is 12.0 Å². The fourth-order valence-electron chi connectivity index (χ4n) is 1.35. The Morgan fingerprint density at radius 1 is 1.32 bits per heavy atom. The van der Waals surface area contributed by atoms with Crippen molar-refractivity contribution in [2.75, 3.05) is 13.2 Å². The molecule has 2 nitrogen and oxygen atoms in total. The molecule has 0 aliphatic carbocycles. The molecule has 0 spiro atoms. The molecule has 1 rings (SSSR count). The normalized spacial score (nSPS) is 11.6. The molecule has 7 heteroatoms. The Bertz CT molecular complexity index is 446. The number of carbonyl (C=O) groups excluding carboxylic acids is 1. The summed E-state index contributed by atoms with van der Waals surface area (Å²) in [5, 5.41) is 0.242. The van der Waals surface area contributed by atoms with Crippen LogP contribution >= 0.6 is 11.6 Å². The van der Waals surface area contributed by atoms with Gasteiger partial charge in [0.2, 0.25) is 0 Å². The van der Waals surface area contributed by atoms with Gasteiger partial charge in [0.15, 0.2) is 0 Å². The summed E-state index contributed by atoms with van der Waals surface area (Å²) in [5.74, 6) is -0.893. The number of benzene rings is 1. The quantitative estimate of drug-likeness (QED) is 0.593. The van der Waals surface area contributed by atoms with Crippen LogP contribution in [0.2, 0.25) is 5.02 Å². The van der Waals surface area contributed by atoms with E-state index in [0.717, 1.165) is 12.1 Å². The van der Waals surface area contributed by atoms with Crippen LogP contribution in [0.3, 0.4) is 0 Å². The van der Waals surface area contributed by atoms with E-state index in [9.17, 15) is 22.4 Å². The van der Waals surface area contributed by atoms with Crippen LogP contribution in [0.25, 0.3) is 0 Å². The van der Waals surface area contributed by atoms with E-state index in [1.54, 1.807) is 0 Å². The average molecular weight is 299 g/mol. The Hall–Kier alpha value is -1.14. The van der Waals surface area contributed by atoms with E-state index in [-0.39, 0.29) is 30.3 Å². The van der Waals surface area contributed by atoms with Gasteiger partial charge >= 0.3 is 6.18 Å². The Labute approximate surface area is 112 Å². The predicted molar refractivity (Wildman–Crippen MR) is 61.6 cm³/mol. The van der Waals surface area contributed by atoms with E-state index in [0.29, 0.717) is 5.56 Å². The lowest BCUT2D eigenvalue weighted by Crippen LogP contribution is -2.18. The Morgan fingerprint density at radius 3 is 2.63 bits per heavy atom. The lowest BCUT2D eigenvalue weighted by atomic mass is 10.1. The molecule has 0 amide bonds. The summed E-state index contributed by atoms with van der Waals surface area (Å²) in [5.41, 5.74) is 0.308. The third kappa shape index (κ3) is 6.54. The van der Waals surface area contributed by atoms with E-state index in [2.05, 4.69) is 4.74 Å². The molecule has 0 unspecified atom stereocenters. The summed E-state index contributed by atoms with van der Waals surface area (Å²) in [6.45, 7) is -1.72. The SMILES string of the molecule is O=C(CCOCC(F)(F)F)Cc1cc(F)ccc1Cl. The van der Waals surface area contributed by atoms with Gasteiger partial charge in [-0.15, -0.1) is 0 Å². The maximum absolute atomic E-state index is 12.9. The first-order chi connectivity index (χ1) is 8.78. The number of carbonyl (C=O) groups is 1. The summed E-state index contributed by atoms with van der Waals surface area (Å²) in [6.07, 6.45) is -4.72. The fourth-order valence-corrected chi connectivity index (χ4v) is 1.54. The van der Waals surface area contributed by atoms with Crippen molar-refractivity contribution in [1.82, 2.24) is 0 Å². The van der Waals surface area contributed by atoms with Crippen LogP contribution in [-0.2, 0) is 16.0 Å². The van der Waals surface area contributed by atoms with Crippen molar-refractivity contribution in [3.8, 4) is 0 Å². The second kappa shape index (κ2) is 6.86. The number of hydrogen-bond acceptors (Lipinski definition) is 2. The molecule has 0 saturated heterocycles. The maximum Gasteiger partial charge on any atom is 0.411 e. The first-order valence-electron chi connectivity index (χ1n) is 5.38. The Kier molecular flexibility index (Phi) is 5.75. The van der Waals surface area contributed by atoms with Crippen molar-refractivity contribution in [3.05, 3.63) is 34.6 Å². The molecule has 19 heavy (non-hydrogen) atoms. The highest BCUT2D eigenvalue weighted by atomic mass is 35.5. The van der Waals surface area contributed by atoms with Gasteiger partial charge < -0.3 is 4.74 Å². The van der Waals surface area contributed by atoms with Crippen molar-refractivity contribution >= 4 is 17.4 Å². The predicted octanol–water partition coefficient (Wildman–Crippen LogP) is 3.56. The van der Waals surface area contributed by atoms with E-state index in [4.69, 9.17) is 11.6 Å². The van der Waals surface area contributed by atoms with Gasteiger partial charge in [-0.3, -0.25) is 4.79 Å². The first-order valence-corrected chi connectivity index (χ1v) is 5.76. The molecule has 0 aromatic heterocycles. The lowest BCUT2D eigenvalue weighted by Gasteiger charge is -2.07. The average Bonchev–Trinajstić information content (AvgIpc) is 2.28. The van der Waals surface area contributed by atoms with E-state index in [1.165, 1.54) is 6.07 Å². The first kappa shape index (κ1) is 15.9. The number of hydrogen-bond donors (Lipinski definition) is 0. The third-order valence-electron chi connectivity index (χ3n) is 2.19. The largest absolute Gasteiger partial charge is 0.411 e. The zero-order valence-corrected chi connectivity index (χ0v) is 10.5. The van der Waals surface area contributed by atoms with Gasteiger partial charge in [-0.1, -0.05) is 11.6 Å². The van der Waals surface area contributed by atoms with E-state index in [1.807, 2.05) is 0 Å². The van der Waals surface area contributed by atoms with Gasteiger partial charge in [0.1, 0.15) is 18.2 Å². The van der Waals surface area contributed by atoms with Crippen LogP contribution in [0.15, 0.2) is 18.2 Å². The number of Topliss-reactive ketones (excluding diaryl/α,β-unsaturated/α-hetero) is 1. The molecule has 0 aliphatic heterocycles. The number of halogens is 5. The molecular formula is C12H11ClF4O2. The molecular weight excluding hydrogens is 288 g/mol. The van der Waals surface area contributed by atoms with Crippen LogP contribution in [0, 0.1) is 5.82 Å². The Morgan fingerprint density at radius 2 is 2.00 bits per heavy atom. The van der Waals surface area contributed by atoms with Crippen molar-refractivity contribution in [1.29, 1.82) is 0 Å². The van der Waals surface area contributed by atoms with Crippen molar-refractivity contribution < 1.29 is 27.1 Å². The zero-order chi connectivity index (χ0) is 14.5. The molecule has 0 saturated carbocycles. The summed E-state index contributed by atoms with van der Waals surface area (Å²) in [4.78, 5) is 11.5. The van der Waals surface area contributed by atoms with Crippen molar-refractivity contribution in [2.24, 2.45) is 0 Å². The minimum atomic E-state index is -4.41. The second-order valence-corrected chi connectivity index (χ2v) is 4.28. The molecule has 0 fully saturated rings. The molecule has 0 heterocycles. The van der Waals surface area contributed by atoms with Gasteiger partial charge in [-0.25, -0.2) is 4.39 Å². The summed E-state index contributed by atoms with van der Waals surface area (Å²) >= 11 is 5.76. The molecule has 0 N–H and O–H groups in total. The number of ketones is 1. The molecule has 106 valence electrons. The van der Waals surface area contributed by atoms with Crippen LogP contribution in [0.5, 0.6) is 0 Å². The fraction of sp³-hybridized carbons (Fsp3) is 0.417. The van der Waals surface area contributed by atoms with Gasteiger partial charge in [-0.2, -0.15) is 13.2 Å². The maximum atomic E-state index is 12.9. The second-order valence-electron chi connectivity index (χ2n) is 3.87. The van der Waals surface area contributed by atoms with Gasteiger partial charge in [0.25, 0.3) is 0 Å². The van der Waals surface area contributed by atoms with Crippen molar-refractivity contribution in [3.63, 3.8) is 0 Å². The molecule has 1 aromatic rings.